The second kappa shape index (κ2) is 10.9. The summed E-state index contributed by atoms with van der Waals surface area (Å²) < 4.78 is 21.6. The van der Waals surface area contributed by atoms with Crippen molar-refractivity contribution in [1.82, 2.24) is 14.9 Å². The lowest BCUT2D eigenvalue weighted by atomic mass is 9.72. The van der Waals surface area contributed by atoms with Crippen LogP contribution >= 0.6 is 0 Å². The molecule has 2 aromatic carbocycles. The summed E-state index contributed by atoms with van der Waals surface area (Å²) in [4.78, 5) is 45.5. The number of likely N-dealkylation sites (tertiary alicyclic amines) is 1. The molecule has 1 saturated carbocycles. The van der Waals surface area contributed by atoms with Gasteiger partial charge in [0.2, 0.25) is 0 Å². The Bertz CT molecular complexity index is 1420. The van der Waals surface area contributed by atoms with Crippen molar-refractivity contribution in [3.05, 3.63) is 65.2 Å². The van der Waals surface area contributed by atoms with Crippen LogP contribution in [0.1, 0.15) is 55.5 Å². The van der Waals surface area contributed by atoms with E-state index < -0.39 is 41.2 Å². The molecule has 5 rings (SSSR count). The van der Waals surface area contributed by atoms with Crippen LogP contribution in [-0.4, -0.2) is 56.2 Å². The molecule has 3 atom stereocenters. The number of H-pyrrole nitrogens is 1. The standard InChI is InChI=1S/C29H33FN4O6/c1-16-7-9-18(10-8-16)29(31,27(37)40-15-17-5-3-2-4-6-17)26-32-22-12-11-19(23(30)24(22)33-26)20-13-34(28(38)39)14-21(20)25(35)36/h2-6,11-12,16,18,20-21H,7-10,13-15,31H2,1H3,(H,32,33)(H,35,36)(H,38,39)/t16?,18?,20?,21?,29-/m0/s1. The summed E-state index contributed by atoms with van der Waals surface area (Å²) in [5.74, 6) is -4.33. The number of halogens is 1. The molecule has 0 radical (unpaired) electrons. The summed E-state index contributed by atoms with van der Waals surface area (Å²) in [7, 11) is 0. The van der Waals surface area contributed by atoms with Gasteiger partial charge in [-0.15, -0.1) is 0 Å². The highest BCUT2D eigenvalue weighted by atomic mass is 19.1. The van der Waals surface area contributed by atoms with Crippen LogP contribution in [0.25, 0.3) is 11.0 Å². The van der Waals surface area contributed by atoms with Crippen molar-refractivity contribution < 1.29 is 33.7 Å². The maximum absolute atomic E-state index is 16.0. The number of esters is 1. The number of aliphatic carboxylic acids is 1. The number of carboxylic acids is 1. The fourth-order valence-corrected chi connectivity index (χ4v) is 6.08. The normalized spacial score (nSPS) is 24.5. The van der Waals surface area contributed by atoms with Crippen LogP contribution in [-0.2, 0) is 26.5 Å². The van der Waals surface area contributed by atoms with Gasteiger partial charge in [-0.3, -0.25) is 4.79 Å². The number of fused-ring (bicyclic) bond motifs is 1. The smallest absolute Gasteiger partial charge is 0.407 e. The number of nitrogens with two attached hydrogens (primary N) is 1. The molecule has 10 nitrogen and oxygen atoms in total. The number of aromatic amines is 1. The third kappa shape index (κ3) is 5.01. The number of amides is 1. The fraction of sp³-hybridized carbons (Fsp3) is 0.448. The lowest BCUT2D eigenvalue weighted by Crippen LogP contribution is -2.53. The largest absolute Gasteiger partial charge is 0.481 e. The SMILES string of the molecule is CC1CCC([C@@](N)(C(=O)OCc2ccccc2)c2nc3c(F)c(C4CN(C(=O)O)CC4C(=O)O)ccc3[nH]2)CC1. The van der Waals surface area contributed by atoms with Crippen molar-refractivity contribution >= 4 is 29.1 Å². The molecule has 2 aliphatic rings. The first-order chi connectivity index (χ1) is 19.1. The zero-order valence-electron chi connectivity index (χ0n) is 22.2. The van der Waals surface area contributed by atoms with Gasteiger partial charge in [-0.1, -0.05) is 56.2 Å². The van der Waals surface area contributed by atoms with E-state index in [0.29, 0.717) is 24.3 Å². The quantitative estimate of drug-likeness (QED) is 0.317. The molecule has 2 unspecified atom stereocenters. The Morgan fingerprint density at radius 3 is 2.45 bits per heavy atom. The van der Waals surface area contributed by atoms with Crippen molar-refractivity contribution in [1.29, 1.82) is 0 Å². The number of carbonyl (C=O) groups excluding carboxylic acids is 1. The minimum atomic E-state index is -1.66. The molecule has 1 aliphatic heterocycles. The van der Waals surface area contributed by atoms with E-state index in [1.54, 1.807) is 6.07 Å². The van der Waals surface area contributed by atoms with Crippen molar-refractivity contribution in [2.24, 2.45) is 23.5 Å². The Kier molecular flexibility index (Phi) is 7.50. The third-order valence-corrected chi connectivity index (χ3v) is 8.53. The van der Waals surface area contributed by atoms with E-state index in [0.717, 1.165) is 23.3 Å². The Hall–Kier alpha value is -3.99. The number of carbonyl (C=O) groups is 3. The van der Waals surface area contributed by atoms with Crippen LogP contribution in [0.15, 0.2) is 42.5 Å². The molecular formula is C29H33FN4O6. The summed E-state index contributed by atoms with van der Waals surface area (Å²) in [6.45, 7) is 1.79. The lowest BCUT2D eigenvalue weighted by molar-refractivity contribution is -0.155. The van der Waals surface area contributed by atoms with Gasteiger partial charge in [0, 0.05) is 19.0 Å². The molecule has 1 saturated heterocycles. The second-order valence-corrected chi connectivity index (χ2v) is 11.1. The number of benzene rings is 2. The van der Waals surface area contributed by atoms with E-state index in [9.17, 15) is 24.6 Å². The van der Waals surface area contributed by atoms with Crippen LogP contribution in [0.3, 0.4) is 0 Å². The van der Waals surface area contributed by atoms with E-state index in [2.05, 4.69) is 16.9 Å². The van der Waals surface area contributed by atoms with Gasteiger partial charge in [-0.2, -0.15) is 0 Å². The number of hydrogen-bond donors (Lipinski definition) is 4. The maximum Gasteiger partial charge on any atom is 0.407 e. The van der Waals surface area contributed by atoms with Crippen LogP contribution in [0.4, 0.5) is 9.18 Å². The molecule has 2 fully saturated rings. The van der Waals surface area contributed by atoms with E-state index >= 15 is 4.39 Å². The highest BCUT2D eigenvalue weighted by molar-refractivity contribution is 5.85. The second-order valence-electron chi connectivity index (χ2n) is 11.1. The molecule has 0 spiro atoms. The molecule has 212 valence electrons. The highest BCUT2D eigenvalue weighted by Gasteiger charge is 2.49. The van der Waals surface area contributed by atoms with Gasteiger partial charge >= 0.3 is 18.0 Å². The molecule has 1 aromatic heterocycles. The Balaban J connectivity index is 1.51. The zero-order chi connectivity index (χ0) is 28.6. The summed E-state index contributed by atoms with van der Waals surface area (Å²) in [6.07, 6.45) is 1.85. The molecule has 5 N–H and O–H groups in total. The van der Waals surface area contributed by atoms with Crippen LogP contribution < -0.4 is 5.73 Å². The van der Waals surface area contributed by atoms with Gasteiger partial charge in [-0.05, 0) is 41.9 Å². The monoisotopic (exact) mass is 552 g/mol. The number of nitrogens with one attached hydrogen (secondary N) is 1. The molecule has 1 aliphatic carbocycles. The van der Waals surface area contributed by atoms with Crippen molar-refractivity contribution in [3.8, 4) is 0 Å². The number of aromatic nitrogens is 2. The first kappa shape index (κ1) is 27.6. The van der Waals surface area contributed by atoms with Crippen LogP contribution in [0.2, 0.25) is 0 Å². The summed E-state index contributed by atoms with van der Waals surface area (Å²) in [6, 6.07) is 12.2. The molecule has 40 heavy (non-hydrogen) atoms. The fourth-order valence-electron chi connectivity index (χ4n) is 6.08. The van der Waals surface area contributed by atoms with E-state index in [4.69, 9.17) is 10.5 Å². The molecule has 0 bridgehead atoms. The van der Waals surface area contributed by atoms with Gasteiger partial charge in [0.1, 0.15) is 17.9 Å². The Morgan fingerprint density at radius 1 is 1.10 bits per heavy atom. The van der Waals surface area contributed by atoms with Gasteiger partial charge in [-0.25, -0.2) is 19.0 Å². The Morgan fingerprint density at radius 2 is 1.80 bits per heavy atom. The molecule has 11 heteroatoms. The number of hydrogen-bond acceptors (Lipinski definition) is 6. The molecule has 2 heterocycles. The number of ether oxygens (including phenoxy) is 1. The van der Waals surface area contributed by atoms with Crippen molar-refractivity contribution in [2.75, 3.05) is 13.1 Å². The minimum Gasteiger partial charge on any atom is -0.481 e. The van der Waals surface area contributed by atoms with Gasteiger partial charge in [0.05, 0.1) is 11.4 Å². The first-order valence-electron chi connectivity index (χ1n) is 13.5. The Labute approximate surface area is 230 Å². The number of imidazole rings is 1. The molecular weight excluding hydrogens is 519 g/mol. The number of carboxylic acid groups (broad SMARTS) is 2. The maximum atomic E-state index is 16.0. The topological polar surface area (TPSA) is 159 Å². The third-order valence-electron chi connectivity index (χ3n) is 8.53. The minimum absolute atomic E-state index is 0.0266. The molecule has 3 aromatic rings. The first-order valence-corrected chi connectivity index (χ1v) is 13.5. The molecule has 1 amide bonds. The summed E-state index contributed by atoms with van der Waals surface area (Å²) in [5, 5.41) is 19.1. The average molecular weight is 553 g/mol. The van der Waals surface area contributed by atoms with Gasteiger partial charge < -0.3 is 30.6 Å². The van der Waals surface area contributed by atoms with E-state index in [-0.39, 0.29) is 42.5 Å². The number of nitrogens with zero attached hydrogens (tertiary/aromatic N) is 2. The van der Waals surface area contributed by atoms with Gasteiger partial charge in [0.15, 0.2) is 11.4 Å². The van der Waals surface area contributed by atoms with Crippen molar-refractivity contribution in [3.63, 3.8) is 0 Å². The van der Waals surface area contributed by atoms with Crippen molar-refractivity contribution in [2.45, 2.75) is 50.7 Å². The number of rotatable bonds is 7. The van der Waals surface area contributed by atoms with E-state index in [1.807, 2.05) is 30.3 Å². The van der Waals surface area contributed by atoms with Gasteiger partial charge in [0.25, 0.3) is 0 Å². The average Bonchev–Trinajstić information content (AvgIpc) is 3.59. The summed E-state index contributed by atoms with van der Waals surface area (Å²) >= 11 is 0. The van der Waals surface area contributed by atoms with Crippen LogP contribution in [0, 0.1) is 23.6 Å². The van der Waals surface area contributed by atoms with E-state index in [1.165, 1.54) is 6.07 Å². The predicted molar refractivity (Wildman–Crippen MR) is 143 cm³/mol. The highest BCUT2D eigenvalue weighted by Crippen LogP contribution is 2.41. The zero-order valence-corrected chi connectivity index (χ0v) is 22.2. The predicted octanol–water partition coefficient (Wildman–Crippen LogP) is 4.20. The lowest BCUT2D eigenvalue weighted by Gasteiger charge is -2.37. The summed E-state index contributed by atoms with van der Waals surface area (Å²) in [5.41, 5.74) is 6.31. The van der Waals surface area contributed by atoms with Crippen LogP contribution in [0.5, 0.6) is 0 Å².